The van der Waals surface area contributed by atoms with Crippen molar-refractivity contribution in [2.45, 2.75) is 12.2 Å². The van der Waals surface area contributed by atoms with Crippen molar-refractivity contribution in [3.8, 4) is 0 Å². The number of benzene rings is 1. The number of hydrogen-bond acceptors (Lipinski definition) is 6. The molecule has 1 aromatic rings. The van der Waals surface area contributed by atoms with E-state index in [-0.39, 0.29) is 11.5 Å². The lowest BCUT2D eigenvalue weighted by Gasteiger charge is -2.29. The van der Waals surface area contributed by atoms with Gasteiger partial charge in [-0.3, -0.25) is 10.5 Å². The average Bonchev–Trinajstić information content (AvgIpc) is 2.77. The third-order valence-corrected chi connectivity index (χ3v) is 2.66. The Morgan fingerprint density at radius 2 is 2.06 bits per heavy atom. The van der Waals surface area contributed by atoms with Gasteiger partial charge in [0.05, 0.1) is 0 Å². The number of aliphatic imine (C=N–C) groups is 1. The van der Waals surface area contributed by atoms with Crippen LogP contribution in [-0.4, -0.2) is 23.2 Å². The number of carbonyl (C=O) groups excluding carboxylic acids is 1. The van der Waals surface area contributed by atoms with Crippen molar-refractivity contribution in [3.05, 3.63) is 35.9 Å². The van der Waals surface area contributed by atoms with Crippen molar-refractivity contribution < 1.29 is 4.79 Å². The fourth-order valence-corrected chi connectivity index (χ4v) is 1.89. The van der Waals surface area contributed by atoms with Crippen LogP contribution in [-0.2, 0) is 11.2 Å². The van der Waals surface area contributed by atoms with Crippen LogP contribution < -0.4 is 11.1 Å². The number of hydrogen-bond donors (Lipinski definition) is 2. The van der Waals surface area contributed by atoms with Gasteiger partial charge in [-0.25, -0.2) is 4.99 Å². The molecule has 3 rings (SSSR count). The molecule has 1 amide bonds. The van der Waals surface area contributed by atoms with Crippen LogP contribution in [0.3, 0.4) is 0 Å². The van der Waals surface area contributed by atoms with E-state index in [9.17, 15) is 4.79 Å². The first-order valence-electron chi connectivity index (χ1n) is 5.41. The van der Waals surface area contributed by atoms with E-state index in [0.717, 1.165) is 5.56 Å². The van der Waals surface area contributed by atoms with Gasteiger partial charge in [-0.05, 0) is 10.8 Å². The molecule has 7 nitrogen and oxygen atoms in total. The van der Waals surface area contributed by atoms with Crippen LogP contribution in [0.25, 0.3) is 0 Å². The third-order valence-electron chi connectivity index (χ3n) is 2.66. The second-order valence-electron chi connectivity index (χ2n) is 4.11. The molecule has 0 saturated heterocycles. The summed E-state index contributed by atoms with van der Waals surface area (Å²) in [5, 5.41) is 13.3. The number of nitrogens with zero attached hydrogens (tertiary/aromatic N) is 4. The Morgan fingerprint density at radius 1 is 1.28 bits per heavy atom. The predicted octanol–water partition coefficient (Wildman–Crippen LogP) is 0.192. The van der Waals surface area contributed by atoms with Crippen LogP contribution in [0.4, 0.5) is 0 Å². The smallest absolute Gasteiger partial charge is 0.278 e. The van der Waals surface area contributed by atoms with Gasteiger partial charge in [-0.2, -0.15) is 0 Å². The first-order chi connectivity index (χ1) is 8.66. The van der Waals surface area contributed by atoms with Crippen molar-refractivity contribution in [2.24, 2.45) is 26.2 Å². The summed E-state index contributed by atoms with van der Waals surface area (Å²) in [7, 11) is 0. The van der Waals surface area contributed by atoms with E-state index < -0.39 is 11.7 Å². The molecule has 1 aromatic carbocycles. The summed E-state index contributed by atoms with van der Waals surface area (Å²) in [5.41, 5.74) is 7.15. The number of nitrogens with two attached hydrogens (primary N) is 1. The SMILES string of the molecule is NC1(Cc2ccccc2)N=C2N=NN=C2C(=O)N1. The van der Waals surface area contributed by atoms with Crippen molar-refractivity contribution in [2.75, 3.05) is 0 Å². The summed E-state index contributed by atoms with van der Waals surface area (Å²) in [4.78, 5) is 16.0. The van der Waals surface area contributed by atoms with E-state index in [4.69, 9.17) is 5.73 Å². The number of nitrogens with one attached hydrogen (secondary N) is 1. The van der Waals surface area contributed by atoms with Gasteiger partial charge < -0.3 is 5.32 Å². The van der Waals surface area contributed by atoms with Gasteiger partial charge in [0.15, 0.2) is 11.5 Å². The molecule has 3 N–H and O–H groups in total. The molecule has 1 unspecified atom stereocenters. The maximum Gasteiger partial charge on any atom is 0.278 e. The maximum atomic E-state index is 11.8. The van der Waals surface area contributed by atoms with Gasteiger partial charge in [0.2, 0.25) is 5.84 Å². The quantitative estimate of drug-likeness (QED) is 0.772. The van der Waals surface area contributed by atoms with Crippen molar-refractivity contribution in [1.82, 2.24) is 5.32 Å². The van der Waals surface area contributed by atoms with Gasteiger partial charge in [0, 0.05) is 6.42 Å². The van der Waals surface area contributed by atoms with E-state index in [0.29, 0.717) is 6.42 Å². The molecule has 0 saturated carbocycles. The van der Waals surface area contributed by atoms with Crippen LogP contribution in [0.5, 0.6) is 0 Å². The summed E-state index contributed by atoms with van der Waals surface area (Å²) in [5.74, 6) is -1.41. The average molecular weight is 242 g/mol. The molecule has 18 heavy (non-hydrogen) atoms. The second-order valence-corrected chi connectivity index (χ2v) is 4.11. The molecule has 0 fully saturated rings. The maximum absolute atomic E-state index is 11.8. The Labute approximate surface area is 103 Å². The Kier molecular flexibility index (Phi) is 2.27. The molecule has 0 aromatic heterocycles. The Balaban J connectivity index is 1.92. The molecule has 0 bridgehead atoms. The van der Waals surface area contributed by atoms with Crippen LogP contribution in [0.1, 0.15) is 5.56 Å². The fourth-order valence-electron chi connectivity index (χ4n) is 1.89. The van der Waals surface area contributed by atoms with E-state index >= 15 is 0 Å². The largest absolute Gasteiger partial charge is 0.314 e. The van der Waals surface area contributed by atoms with Crippen molar-refractivity contribution >= 4 is 17.5 Å². The molecule has 2 aliphatic rings. The Hall–Kier alpha value is -2.41. The molecule has 0 spiro atoms. The lowest BCUT2D eigenvalue weighted by molar-refractivity contribution is -0.116. The van der Waals surface area contributed by atoms with Crippen LogP contribution in [0.15, 0.2) is 50.8 Å². The number of amidine groups is 1. The monoisotopic (exact) mass is 242 g/mol. The summed E-state index contributed by atoms with van der Waals surface area (Å²) < 4.78 is 0. The van der Waals surface area contributed by atoms with Crippen LogP contribution in [0, 0.1) is 0 Å². The highest BCUT2D eigenvalue weighted by Gasteiger charge is 2.38. The number of carbonyl (C=O) groups is 1. The molecule has 2 aliphatic heterocycles. The molecular weight excluding hydrogens is 232 g/mol. The Bertz CT molecular complexity index is 591. The molecular formula is C11H10N6O. The summed E-state index contributed by atoms with van der Waals surface area (Å²) in [6, 6.07) is 9.55. The van der Waals surface area contributed by atoms with Crippen molar-refractivity contribution in [3.63, 3.8) is 0 Å². The molecule has 90 valence electrons. The van der Waals surface area contributed by atoms with Gasteiger partial charge in [0.1, 0.15) is 0 Å². The minimum absolute atomic E-state index is 0.115. The van der Waals surface area contributed by atoms with Gasteiger partial charge in [0.25, 0.3) is 5.91 Å². The summed E-state index contributed by atoms with van der Waals surface area (Å²) >= 11 is 0. The van der Waals surface area contributed by atoms with E-state index in [1.54, 1.807) is 0 Å². The highest BCUT2D eigenvalue weighted by Crippen LogP contribution is 2.16. The van der Waals surface area contributed by atoms with Crippen molar-refractivity contribution in [1.29, 1.82) is 0 Å². The van der Waals surface area contributed by atoms with Gasteiger partial charge in [-0.1, -0.05) is 30.3 Å². The minimum Gasteiger partial charge on any atom is -0.314 e. The third kappa shape index (κ3) is 1.80. The lowest BCUT2D eigenvalue weighted by atomic mass is 10.1. The first-order valence-corrected chi connectivity index (χ1v) is 5.41. The zero-order valence-electron chi connectivity index (χ0n) is 9.37. The molecule has 7 heteroatoms. The van der Waals surface area contributed by atoms with Gasteiger partial charge in [-0.15, -0.1) is 10.2 Å². The minimum atomic E-state index is -1.20. The number of amides is 1. The summed E-state index contributed by atoms with van der Waals surface area (Å²) in [6.07, 6.45) is 0.381. The molecule has 0 radical (unpaired) electrons. The zero-order chi connectivity index (χ0) is 12.6. The molecule has 2 heterocycles. The zero-order valence-corrected chi connectivity index (χ0v) is 9.37. The molecule has 1 atom stereocenters. The number of fused-ring (bicyclic) bond motifs is 1. The fraction of sp³-hybridized carbons (Fsp3) is 0.182. The lowest BCUT2D eigenvalue weighted by Crippen LogP contribution is -2.61. The normalized spacial score (nSPS) is 25.3. The molecule has 0 aliphatic carbocycles. The number of rotatable bonds is 2. The Morgan fingerprint density at radius 3 is 2.83 bits per heavy atom. The highest BCUT2D eigenvalue weighted by molar-refractivity contribution is 6.67. The van der Waals surface area contributed by atoms with E-state index in [1.165, 1.54) is 0 Å². The standard InChI is InChI=1S/C11H10N6O/c12-11(6-7-4-2-1-3-5-7)13-9-8(10(18)14-11)15-17-16-9/h1-5H,6,12H2,(H,14,18). The van der Waals surface area contributed by atoms with E-state index in [1.807, 2.05) is 30.3 Å². The second kappa shape index (κ2) is 3.81. The van der Waals surface area contributed by atoms with E-state index in [2.05, 4.69) is 25.7 Å². The highest BCUT2D eigenvalue weighted by atomic mass is 16.2. The van der Waals surface area contributed by atoms with Crippen LogP contribution in [0.2, 0.25) is 0 Å². The van der Waals surface area contributed by atoms with Crippen LogP contribution >= 0.6 is 0 Å². The predicted molar refractivity (Wildman–Crippen MR) is 64.9 cm³/mol. The van der Waals surface area contributed by atoms with Gasteiger partial charge >= 0.3 is 0 Å². The summed E-state index contributed by atoms with van der Waals surface area (Å²) in [6.45, 7) is 0. The first kappa shape index (κ1) is 10.7. The topological polar surface area (TPSA) is 105 Å².